The van der Waals surface area contributed by atoms with Crippen LogP contribution in [0.25, 0.3) is 27.8 Å². The molecule has 3 aromatic carbocycles. The lowest BCUT2D eigenvalue weighted by Gasteiger charge is -2.10. The van der Waals surface area contributed by atoms with Gasteiger partial charge in [0.25, 0.3) is 5.78 Å². The minimum atomic E-state index is 0.486. The number of nitrogens with one attached hydrogen (secondary N) is 1. The molecule has 0 saturated heterocycles. The van der Waals surface area contributed by atoms with Crippen LogP contribution in [0.4, 0.5) is 11.6 Å². The molecule has 0 radical (unpaired) electrons. The Labute approximate surface area is 173 Å². The molecular formula is C24H19N5O. The highest BCUT2D eigenvalue weighted by Gasteiger charge is 2.13. The van der Waals surface area contributed by atoms with E-state index in [2.05, 4.69) is 63.8 Å². The number of aldehydes is 1. The Kier molecular flexibility index (Phi) is 4.25. The molecule has 2 heterocycles. The van der Waals surface area contributed by atoms with Gasteiger partial charge in [-0.15, -0.1) is 10.2 Å². The molecule has 0 aliphatic carbocycles. The SMILES string of the molecule is Cc1ccc(-c2cccc(Nc3nnc4nc(C)c5ccc(C=O)cc5n34)c2)cc1. The van der Waals surface area contributed by atoms with Gasteiger partial charge in [-0.3, -0.25) is 4.79 Å². The molecule has 0 unspecified atom stereocenters. The number of carbonyl (C=O) groups excluding carboxylic acids is 1. The van der Waals surface area contributed by atoms with E-state index in [1.807, 2.05) is 35.6 Å². The second-order valence-corrected chi connectivity index (χ2v) is 7.32. The predicted octanol–water partition coefficient (Wildman–Crippen LogP) is 5.12. The molecule has 6 heteroatoms. The van der Waals surface area contributed by atoms with Crippen molar-refractivity contribution in [1.82, 2.24) is 19.6 Å². The lowest BCUT2D eigenvalue weighted by Crippen LogP contribution is -2.01. The number of fused-ring (bicyclic) bond motifs is 3. The van der Waals surface area contributed by atoms with Gasteiger partial charge < -0.3 is 5.32 Å². The van der Waals surface area contributed by atoms with E-state index in [1.54, 1.807) is 6.07 Å². The van der Waals surface area contributed by atoms with Crippen LogP contribution >= 0.6 is 0 Å². The Morgan fingerprint density at radius 3 is 2.53 bits per heavy atom. The first-order chi connectivity index (χ1) is 14.6. The van der Waals surface area contributed by atoms with Crippen molar-refractivity contribution >= 4 is 34.6 Å². The topological polar surface area (TPSA) is 72.2 Å². The Morgan fingerprint density at radius 1 is 0.900 bits per heavy atom. The summed E-state index contributed by atoms with van der Waals surface area (Å²) in [6.07, 6.45) is 0.837. The van der Waals surface area contributed by atoms with Gasteiger partial charge in [-0.1, -0.05) is 54.1 Å². The van der Waals surface area contributed by atoms with Gasteiger partial charge in [0.15, 0.2) is 0 Å². The number of nitrogens with zero attached hydrogens (tertiary/aromatic N) is 4. The third-order valence-electron chi connectivity index (χ3n) is 5.21. The zero-order valence-electron chi connectivity index (χ0n) is 16.6. The molecule has 30 heavy (non-hydrogen) atoms. The summed E-state index contributed by atoms with van der Waals surface area (Å²) in [5, 5.41) is 12.8. The number of hydrogen-bond acceptors (Lipinski definition) is 5. The van der Waals surface area contributed by atoms with Gasteiger partial charge in [-0.25, -0.2) is 9.38 Å². The average molecular weight is 393 g/mol. The second-order valence-electron chi connectivity index (χ2n) is 7.32. The van der Waals surface area contributed by atoms with Crippen molar-refractivity contribution in [2.45, 2.75) is 13.8 Å². The minimum absolute atomic E-state index is 0.486. The Bertz CT molecular complexity index is 1400. The lowest BCUT2D eigenvalue weighted by molar-refractivity contribution is 0.112. The fourth-order valence-corrected chi connectivity index (χ4v) is 3.63. The van der Waals surface area contributed by atoms with E-state index < -0.39 is 0 Å². The molecule has 0 saturated carbocycles. The van der Waals surface area contributed by atoms with Gasteiger partial charge in [0, 0.05) is 16.6 Å². The minimum Gasteiger partial charge on any atom is -0.324 e. The van der Waals surface area contributed by atoms with Gasteiger partial charge >= 0.3 is 0 Å². The molecule has 0 fully saturated rings. The fourth-order valence-electron chi connectivity index (χ4n) is 3.63. The summed E-state index contributed by atoms with van der Waals surface area (Å²) in [6, 6.07) is 22.1. The normalized spacial score (nSPS) is 11.1. The summed E-state index contributed by atoms with van der Waals surface area (Å²) in [7, 11) is 0. The van der Waals surface area contributed by atoms with Crippen LogP contribution in [0.3, 0.4) is 0 Å². The standard InChI is InChI=1S/C24H19N5O/c1-15-6-9-18(10-7-15)19-4-3-5-20(13-19)26-24-28-27-23-25-16(2)21-11-8-17(14-30)12-22(21)29(23)24/h3-14H,1-2H3,(H,26,28). The average Bonchev–Trinajstić information content (AvgIpc) is 3.16. The van der Waals surface area contributed by atoms with Crippen LogP contribution in [0.5, 0.6) is 0 Å². The number of aromatic nitrogens is 4. The van der Waals surface area contributed by atoms with Crippen molar-refractivity contribution < 1.29 is 4.79 Å². The van der Waals surface area contributed by atoms with Crippen LogP contribution in [0, 0.1) is 13.8 Å². The first-order valence-corrected chi connectivity index (χ1v) is 9.67. The van der Waals surface area contributed by atoms with Gasteiger partial charge in [0.05, 0.1) is 11.2 Å². The number of aryl methyl sites for hydroxylation is 2. The summed E-state index contributed by atoms with van der Waals surface area (Å²) >= 11 is 0. The molecule has 146 valence electrons. The number of benzene rings is 3. The van der Waals surface area contributed by atoms with Crippen molar-refractivity contribution in [3.63, 3.8) is 0 Å². The number of hydrogen-bond donors (Lipinski definition) is 1. The molecular weight excluding hydrogens is 374 g/mol. The summed E-state index contributed by atoms with van der Waals surface area (Å²) in [5.74, 6) is 1.03. The van der Waals surface area contributed by atoms with Crippen LogP contribution in [0.1, 0.15) is 21.6 Å². The molecule has 0 bridgehead atoms. The maximum absolute atomic E-state index is 11.3. The van der Waals surface area contributed by atoms with Crippen molar-refractivity contribution in [1.29, 1.82) is 0 Å². The zero-order chi connectivity index (χ0) is 20.7. The highest BCUT2D eigenvalue weighted by Crippen LogP contribution is 2.27. The number of rotatable bonds is 4. The van der Waals surface area contributed by atoms with E-state index in [0.29, 0.717) is 17.3 Å². The summed E-state index contributed by atoms with van der Waals surface area (Å²) in [4.78, 5) is 15.9. The summed E-state index contributed by atoms with van der Waals surface area (Å²) in [6.45, 7) is 4.00. The van der Waals surface area contributed by atoms with Crippen molar-refractivity contribution in [3.05, 3.63) is 83.6 Å². The number of carbonyl (C=O) groups is 1. The predicted molar refractivity (Wildman–Crippen MR) is 118 cm³/mol. The molecule has 2 aromatic heterocycles. The van der Waals surface area contributed by atoms with Crippen LogP contribution in [0.15, 0.2) is 66.7 Å². The third-order valence-corrected chi connectivity index (χ3v) is 5.21. The summed E-state index contributed by atoms with van der Waals surface area (Å²) in [5.41, 5.74) is 6.65. The molecule has 0 atom stereocenters. The molecule has 5 rings (SSSR count). The van der Waals surface area contributed by atoms with E-state index in [0.717, 1.165) is 39.7 Å². The largest absolute Gasteiger partial charge is 0.324 e. The highest BCUT2D eigenvalue weighted by atomic mass is 16.1. The van der Waals surface area contributed by atoms with E-state index in [-0.39, 0.29) is 0 Å². The van der Waals surface area contributed by atoms with E-state index in [9.17, 15) is 4.79 Å². The third kappa shape index (κ3) is 3.08. The maximum Gasteiger partial charge on any atom is 0.257 e. The Balaban J connectivity index is 1.61. The lowest BCUT2D eigenvalue weighted by atomic mass is 10.0. The van der Waals surface area contributed by atoms with Gasteiger partial charge in [0.2, 0.25) is 5.95 Å². The fraction of sp³-hybridized carbons (Fsp3) is 0.0833. The Morgan fingerprint density at radius 2 is 1.73 bits per heavy atom. The van der Waals surface area contributed by atoms with Gasteiger partial charge in [-0.05, 0) is 43.2 Å². The molecule has 6 nitrogen and oxygen atoms in total. The van der Waals surface area contributed by atoms with Gasteiger partial charge in [-0.2, -0.15) is 0 Å². The summed E-state index contributed by atoms with van der Waals surface area (Å²) < 4.78 is 1.84. The molecule has 0 aliphatic heterocycles. The molecule has 1 N–H and O–H groups in total. The van der Waals surface area contributed by atoms with E-state index in [4.69, 9.17) is 0 Å². The van der Waals surface area contributed by atoms with Crippen LogP contribution in [-0.4, -0.2) is 25.9 Å². The van der Waals surface area contributed by atoms with E-state index in [1.165, 1.54) is 5.56 Å². The molecule has 0 aliphatic rings. The second kappa shape index (κ2) is 7.08. The monoisotopic (exact) mass is 393 g/mol. The van der Waals surface area contributed by atoms with Crippen LogP contribution < -0.4 is 5.32 Å². The van der Waals surface area contributed by atoms with Crippen molar-refractivity contribution in [2.24, 2.45) is 0 Å². The zero-order valence-corrected chi connectivity index (χ0v) is 16.6. The Hall–Kier alpha value is -4.06. The molecule has 0 spiro atoms. The smallest absolute Gasteiger partial charge is 0.257 e. The van der Waals surface area contributed by atoms with Gasteiger partial charge in [0.1, 0.15) is 6.29 Å². The first kappa shape index (κ1) is 18.0. The molecule has 5 aromatic rings. The van der Waals surface area contributed by atoms with Crippen LogP contribution in [-0.2, 0) is 0 Å². The maximum atomic E-state index is 11.3. The van der Waals surface area contributed by atoms with Crippen molar-refractivity contribution in [2.75, 3.05) is 5.32 Å². The van der Waals surface area contributed by atoms with Crippen molar-refractivity contribution in [3.8, 4) is 11.1 Å². The number of anilines is 2. The highest BCUT2D eigenvalue weighted by molar-refractivity contribution is 5.90. The quantitative estimate of drug-likeness (QED) is 0.429. The van der Waals surface area contributed by atoms with E-state index >= 15 is 0 Å². The van der Waals surface area contributed by atoms with Crippen LogP contribution in [0.2, 0.25) is 0 Å². The molecule has 0 amide bonds. The first-order valence-electron chi connectivity index (χ1n) is 9.67.